The molecule has 1 unspecified atom stereocenters. The molecule has 21 heavy (non-hydrogen) atoms. The molecule has 1 aromatic heterocycles. The van der Waals surface area contributed by atoms with E-state index < -0.39 is 10.0 Å². The second kappa shape index (κ2) is 8.34. The highest BCUT2D eigenvalue weighted by molar-refractivity contribution is 7.89. The minimum absolute atomic E-state index is 0.0738. The molecule has 0 aliphatic carbocycles. The Bertz CT molecular complexity index is 512. The molecule has 2 N–H and O–H groups in total. The van der Waals surface area contributed by atoms with Crippen LogP contribution in [0.15, 0.2) is 23.2 Å². The van der Waals surface area contributed by atoms with Gasteiger partial charge in [0.05, 0.1) is 0 Å². The summed E-state index contributed by atoms with van der Waals surface area (Å²) in [4.78, 5) is 4.34. The smallest absolute Gasteiger partial charge is 0.242 e. The number of nitrogens with zero attached hydrogens (tertiary/aromatic N) is 1. The standard InChI is InChI=1S/C15H27N3O2S/c1-5-10-16-15-9-8-14(11-17-15)21(19,20)18-13(4)7-6-12(2)3/h8-9,11-13,18H,5-7,10H2,1-4H3,(H,16,17). The SMILES string of the molecule is CCCNc1ccc(S(=O)(=O)NC(C)CCC(C)C)cn1. The van der Waals surface area contributed by atoms with E-state index >= 15 is 0 Å². The zero-order chi connectivity index (χ0) is 15.9. The summed E-state index contributed by atoms with van der Waals surface area (Å²) in [6, 6.07) is 3.21. The fourth-order valence-corrected chi connectivity index (χ4v) is 3.09. The number of hydrogen-bond acceptors (Lipinski definition) is 4. The molecule has 5 nitrogen and oxygen atoms in total. The third-order valence-corrected chi connectivity index (χ3v) is 4.71. The van der Waals surface area contributed by atoms with E-state index in [4.69, 9.17) is 0 Å². The van der Waals surface area contributed by atoms with Gasteiger partial charge in [-0.15, -0.1) is 0 Å². The van der Waals surface area contributed by atoms with Crippen molar-refractivity contribution in [3.8, 4) is 0 Å². The maximum absolute atomic E-state index is 12.2. The number of sulfonamides is 1. The second-order valence-electron chi connectivity index (χ2n) is 5.80. The molecule has 0 saturated carbocycles. The summed E-state index contributed by atoms with van der Waals surface area (Å²) in [6.45, 7) is 9.04. The summed E-state index contributed by atoms with van der Waals surface area (Å²) >= 11 is 0. The van der Waals surface area contributed by atoms with Crippen LogP contribution >= 0.6 is 0 Å². The Balaban J connectivity index is 2.65. The normalized spacial score (nSPS) is 13.4. The van der Waals surface area contributed by atoms with Crippen molar-refractivity contribution in [3.05, 3.63) is 18.3 Å². The van der Waals surface area contributed by atoms with Gasteiger partial charge in [0, 0.05) is 18.8 Å². The Hall–Kier alpha value is -1.14. The first-order valence-corrected chi connectivity index (χ1v) is 9.05. The number of anilines is 1. The second-order valence-corrected chi connectivity index (χ2v) is 7.51. The summed E-state index contributed by atoms with van der Waals surface area (Å²) in [5, 5.41) is 3.12. The van der Waals surface area contributed by atoms with Crippen LogP contribution in [0.1, 0.15) is 47.0 Å². The van der Waals surface area contributed by atoms with Crippen molar-refractivity contribution in [1.82, 2.24) is 9.71 Å². The molecule has 0 fully saturated rings. The van der Waals surface area contributed by atoms with Gasteiger partial charge in [0.25, 0.3) is 0 Å². The van der Waals surface area contributed by atoms with Gasteiger partial charge in [0.1, 0.15) is 10.7 Å². The van der Waals surface area contributed by atoms with Crippen molar-refractivity contribution in [1.29, 1.82) is 0 Å². The molecule has 120 valence electrons. The lowest BCUT2D eigenvalue weighted by molar-refractivity contribution is 0.485. The zero-order valence-electron chi connectivity index (χ0n) is 13.4. The maximum Gasteiger partial charge on any atom is 0.242 e. The molecule has 0 aliphatic rings. The van der Waals surface area contributed by atoms with Gasteiger partial charge in [0.15, 0.2) is 0 Å². The Morgan fingerprint density at radius 3 is 2.43 bits per heavy atom. The van der Waals surface area contributed by atoms with E-state index in [1.165, 1.54) is 6.20 Å². The molecule has 0 aliphatic heterocycles. The van der Waals surface area contributed by atoms with Crippen LogP contribution in [0.2, 0.25) is 0 Å². The molecule has 0 bridgehead atoms. The van der Waals surface area contributed by atoms with Crippen molar-refractivity contribution < 1.29 is 8.42 Å². The summed E-state index contributed by atoms with van der Waals surface area (Å²) in [5.74, 6) is 1.27. The summed E-state index contributed by atoms with van der Waals surface area (Å²) in [7, 11) is -3.48. The topological polar surface area (TPSA) is 71.1 Å². The fraction of sp³-hybridized carbons (Fsp3) is 0.667. The Labute approximate surface area is 128 Å². The van der Waals surface area contributed by atoms with Crippen LogP contribution in [0, 0.1) is 5.92 Å². The Morgan fingerprint density at radius 1 is 1.19 bits per heavy atom. The zero-order valence-corrected chi connectivity index (χ0v) is 14.2. The highest BCUT2D eigenvalue weighted by atomic mass is 32.2. The molecular formula is C15H27N3O2S. The minimum Gasteiger partial charge on any atom is -0.370 e. The third-order valence-electron chi connectivity index (χ3n) is 3.14. The van der Waals surface area contributed by atoms with Crippen molar-refractivity contribution in [2.75, 3.05) is 11.9 Å². The van der Waals surface area contributed by atoms with Crippen LogP contribution < -0.4 is 10.0 Å². The molecule has 1 aromatic rings. The highest BCUT2D eigenvalue weighted by Crippen LogP contribution is 2.13. The average Bonchev–Trinajstić information content (AvgIpc) is 2.43. The lowest BCUT2D eigenvalue weighted by Gasteiger charge is -2.15. The van der Waals surface area contributed by atoms with Crippen molar-refractivity contribution >= 4 is 15.8 Å². The molecule has 0 spiro atoms. The number of aromatic nitrogens is 1. The Morgan fingerprint density at radius 2 is 1.90 bits per heavy atom. The molecule has 0 amide bonds. The van der Waals surface area contributed by atoms with Gasteiger partial charge in [-0.3, -0.25) is 0 Å². The number of rotatable bonds is 9. The van der Waals surface area contributed by atoms with E-state index in [1.54, 1.807) is 12.1 Å². The Kier molecular flexibility index (Phi) is 7.11. The lowest BCUT2D eigenvalue weighted by Crippen LogP contribution is -2.32. The summed E-state index contributed by atoms with van der Waals surface area (Å²) < 4.78 is 27.2. The van der Waals surface area contributed by atoms with E-state index in [0.717, 1.165) is 25.8 Å². The monoisotopic (exact) mass is 313 g/mol. The number of nitrogens with one attached hydrogen (secondary N) is 2. The van der Waals surface area contributed by atoms with E-state index in [9.17, 15) is 8.42 Å². The predicted molar refractivity (Wildman–Crippen MR) is 86.9 cm³/mol. The molecule has 1 atom stereocenters. The van der Waals surface area contributed by atoms with Gasteiger partial charge < -0.3 is 5.32 Å². The molecule has 0 saturated heterocycles. The van der Waals surface area contributed by atoms with E-state index in [2.05, 4.69) is 35.8 Å². The van der Waals surface area contributed by atoms with Gasteiger partial charge in [-0.25, -0.2) is 18.1 Å². The number of hydrogen-bond donors (Lipinski definition) is 2. The maximum atomic E-state index is 12.2. The average molecular weight is 313 g/mol. The van der Waals surface area contributed by atoms with Crippen LogP contribution in [0.4, 0.5) is 5.82 Å². The molecule has 1 heterocycles. The summed E-state index contributed by atoms with van der Waals surface area (Å²) in [6.07, 6.45) is 4.23. The molecular weight excluding hydrogens is 286 g/mol. The van der Waals surface area contributed by atoms with Gasteiger partial charge in [0.2, 0.25) is 10.0 Å². The van der Waals surface area contributed by atoms with E-state index in [1.807, 2.05) is 6.92 Å². The third kappa shape index (κ3) is 6.44. The minimum atomic E-state index is -3.48. The first kappa shape index (κ1) is 17.9. The largest absolute Gasteiger partial charge is 0.370 e. The van der Waals surface area contributed by atoms with E-state index in [-0.39, 0.29) is 10.9 Å². The van der Waals surface area contributed by atoms with Crippen molar-refractivity contribution in [2.45, 2.75) is 57.9 Å². The van der Waals surface area contributed by atoms with Gasteiger partial charge in [-0.1, -0.05) is 20.8 Å². The number of pyridine rings is 1. The molecule has 0 aromatic carbocycles. The van der Waals surface area contributed by atoms with Crippen molar-refractivity contribution in [2.24, 2.45) is 5.92 Å². The molecule has 1 rings (SSSR count). The van der Waals surface area contributed by atoms with Crippen LogP contribution in [-0.4, -0.2) is 26.0 Å². The van der Waals surface area contributed by atoms with Gasteiger partial charge in [-0.2, -0.15) is 0 Å². The first-order valence-electron chi connectivity index (χ1n) is 7.57. The van der Waals surface area contributed by atoms with Crippen molar-refractivity contribution in [3.63, 3.8) is 0 Å². The lowest BCUT2D eigenvalue weighted by atomic mass is 10.1. The highest BCUT2D eigenvalue weighted by Gasteiger charge is 2.17. The van der Waals surface area contributed by atoms with Gasteiger partial charge >= 0.3 is 0 Å². The molecule has 6 heteroatoms. The van der Waals surface area contributed by atoms with Crippen LogP contribution in [0.25, 0.3) is 0 Å². The van der Waals surface area contributed by atoms with Gasteiger partial charge in [-0.05, 0) is 44.2 Å². The van der Waals surface area contributed by atoms with Crippen LogP contribution in [0.3, 0.4) is 0 Å². The van der Waals surface area contributed by atoms with Crippen LogP contribution in [0.5, 0.6) is 0 Å². The summed E-state index contributed by atoms with van der Waals surface area (Å²) in [5.41, 5.74) is 0. The first-order chi connectivity index (χ1) is 9.85. The predicted octanol–water partition coefficient (Wildman–Crippen LogP) is 3.01. The molecule has 0 radical (unpaired) electrons. The van der Waals surface area contributed by atoms with E-state index in [0.29, 0.717) is 11.7 Å². The quantitative estimate of drug-likeness (QED) is 0.735. The van der Waals surface area contributed by atoms with Crippen LogP contribution in [-0.2, 0) is 10.0 Å². The fourth-order valence-electron chi connectivity index (χ4n) is 1.87.